The number of carbonyl (C=O) groups excluding carboxylic acids is 2. The second-order valence-electron chi connectivity index (χ2n) is 6.79. The molecule has 1 atom stereocenters. The van der Waals surface area contributed by atoms with Crippen molar-refractivity contribution in [2.24, 2.45) is 0 Å². The molecule has 0 aliphatic rings. The summed E-state index contributed by atoms with van der Waals surface area (Å²) in [5.74, 6) is -1.76. The molecule has 0 saturated carbocycles. The molecule has 2 aromatic heterocycles. The van der Waals surface area contributed by atoms with Crippen molar-refractivity contribution >= 4 is 17.7 Å². The third-order valence-electron chi connectivity index (χ3n) is 4.44. The summed E-state index contributed by atoms with van der Waals surface area (Å²) in [6, 6.07) is 6.59. The van der Waals surface area contributed by atoms with Crippen molar-refractivity contribution in [2.75, 3.05) is 6.61 Å². The van der Waals surface area contributed by atoms with E-state index in [4.69, 9.17) is 4.74 Å². The largest absolute Gasteiger partial charge is 0.489 e. The first-order valence-corrected chi connectivity index (χ1v) is 8.72. The number of halogens is 2. The van der Waals surface area contributed by atoms with Gasteiger partial charge in [0, 0.05) is 12.3 Å². The van der Waals surface area contributed by atoms with Crippen LogP contribution in [0.3, 0.4) is 0 Å². The highest BCUT2D eigenvalue weighted by Gasteiger charge is 2.28. The average molecular weight is 403 g/mol. The van der Waals surface area contributed by atoms with Crippen molar-refractivity contribution in [1.29, 1.82) is 0 Å². The zero-order valence-electron chi connectivity index (χ0n) is 15.8. The van der Waals surface area contributed by atoms with Crippen LogP contribution in [0.2, 0.25) is 0 Å². The Hall–Kier alpha value is -3.33. The summed E-state index contributed by atoms with van der Waals surface area (Å²) in [4.78, 5) is 23.8. The summed E-state index contributed by atoms with van der Waals surface area (Å²) in [5.41, 5.74) is -0.689. The van der Waals surface area contributed by atoms with Gasteiger partial charge in [0.1, 0.15) is 35.8 Å². The van der Waals surface area contributed by atoms with Crippen molar-refractivity contribution in [3.63, 3.8) is 0 Å². The molecule has 9 heteroatoms. The maximum absolute atomic E-state index is 13.8. The van der Waals surface area contributed by atoms with Crippen molar-refractivity contribution in [1.82, 2.24) is 14.9 Å². The van der Waals surface area contributed by atoms with E-state index in [1.165, 1.54) is 29.8 Å². The van der Waals surface area contributed by atoms with Gasteiger partial charge in [0.15, 0.2) is 0 Å². The molecule has 3 rings (SSSR count). The minimum atomic E-state index is -1.44. The Balaban J connectivity index is 1.90. The van der Waals surface area contributed by atoms with Crippen LogP contribution in [-0.4, -0.2) is 39.1 Å². The Morgan fingerprint density at radius 1 is 1.34 bits per heavy atom. The van der Waals surface area contributed by atoms with E-state index in [0.29, 0.717) is 17.5 Å². The van der Waals surface area contributed by atoms with Crippen molar-refractivity contribution < 1.29 is 28.2 Å². The highest BCUT2D eigenvalue weighted by molar-refractivity contribution is 6.03. The second kappa shape index (κ2) is 7.96. The van der Waals surface area contributed by atoms with Crippen LogP contribution in [0.1, 0.15) is 28.5 Å². The van der Waals surface area contributed by atoms with E-state index in [2.05, 4.69) is 10.4 Å². The van der Waals surface area contributed by atoms with E-state index >= 15 is 0 Å². The van der Waals surface area contributed by atoms with Crippen LogP contribution in [0.5, 0.6) is 5.75 Å². The van der Waals surface area contributed by atoms with Gasteiger partial charge in [-0.15, -0.1) is 0 Å². The summed E-state index contributed by atoms with van der Waals surface area (Å²) >= 11 is 0. The fourth-order valence-corrected chi connectivity index (χ4v) is 2.77. The molecule has 0 radical (unpaired) electrons. The van der Waals surface area contributed by atoms with Gasteiger partial charge in [0.2, 0.25) is 0 Å². The Kier molecular flexibility index (Phi) is 5.60. The van der Waals surface area contributed by atoms with Gasteiger partial charge in [-0.25, -0.2) is 13.3 Å². The molecule has 1 amide bonds. The number of aliphatic hydroxyl groups excluding tert-OH is 1. The van der Waals surface area contributed by atoms with E-state index < -0.39 is 29.7 Å². The highest BCUT2D eigenvalue weighted by atomic mass is 19.1. The van der Waals surface area contributed by atoms with E-state index in [9.17, 15) is 23.5 Å². The van der Waals surface area contributed by atoms with E-state index in [1.54, 1.807) is 13.0 Å². The number of nitrogens with one attached hydrogen (secondary N) is 1. The maximum atomic E-state index is 13.8. The second-order valence-corrected chi connectivity index (χ2v) is 6.79. The topological polar surface area (TPSA) is 92.9 Å². The molecule has 0 saturated heterocycles. The molecular formula is C20H19F2N3O4. The molecule has 2 N–H and O–H groups in total. The fraction of sp³-hybridized carbons (Fsp3) is 0.250. The molecule has 29 heavy (non-hydrogen) atoms. The molecular weight excluding hydrogens is 384 g/mol. The van der Waals surface area contributed by atoms with Crippen LogP contribution in [0, 0.1) is 18.6 Å². The highest BCUT2D eigenvalue weighted by Crippen LogP contribution is 2.23. The lowest BCUT2D eigenvalue weighted by atomic mass is 10.0. The molecule has 152 valence electrons. The summed E-state index contributed by atoms with van der Waals surface area (Å²) in [7, 11) is 0. The number of fused-ring (bicyclic) bond motifs is 1. The van der Waals surface area contributed by atoms with Crippen molar-refractivity contribution in [2.45, 2.75) is 26.0 Å². The summed E-state index contributed by atoms with van der Waals surface area (Å²) in [5, 5.41) is 16.0. The van der Waals surface area contributed by atoms with Gasteiger partial charge in [-0.05, 0) is 32.0 Å². The molecule has 0 bridgehead atoms. The molecule has 0 spiro atoms. The third-order valence-corrected chi connectivity index (χ3v) is 4.44. The number of rotatable bonds is 7. The van der Waals surface area contributed by atoms with E-state index in [1.807, 2.05) is 0 Å². The lowest BCUT2D eigenvalue weighted by molar-refractivity contribution is -0.113. The van der Waals surface area contributed by atoms with Crippen LogP contribution in [-0.2, 0) is 11.4 Å². The number of pyridine rings is 1. The monoisotopic (exact) mass is 403 g/mol. The number of nitrogens with zero attached hydrogens (tertiary/aromatic N) is 2. The fourth-order valence-electron chi connectivity index (χ4n) is 2.77. The van der Waals surface area contributed by atoms with Crippen LogP contribution >= 0.6 is 0 Å². The molecule has 1 unspecified atom stereocenters. The normalized spacial score (nSPS) is 13.1. The summed E-state index contributed by atoms with van der Waals surface area (Å²) < 4.78 is 34.5. The first-order valence-electron chi connectivity index (χ1n) is 8.72. The quantitative estimate of drug-likeness (QED) is 0.590. The van der Waals surface area contributed by atoms with Crippen molar-refractivity contribution in [3.05, 3.63) is 65.0 Å². The Bertz CT molecular complexity index is 1060. The number of aryl methyl sites for hydroxylation is 1. The summed E-state index contributed by atoms with van der Waals surface area (Å²) in [6.45, 7) is 2.10. The lowest BCUT2D eigenvalue weighted by Crippen LogP contribution is -2.50. The number of hydrogen-bond donors (Lipinski definition) is 2. The van der Waals surface area contributed by atoms with E-state index in [0.717, 1.165) is 12.1 Å². The minimum Gasteiger partial charge on any atom is -0.489 e. The van der Waals surface area contributed by atoms with Crippen LogP contribution in [0.4, 0.5) is 8.78 Å². The predicted octanol–water partition coefficient (Wildman–Crippen LogP) is 2.18. The third kappa shape index (κ3) is 4.09. The first kappa shape index (κ1) is 20.4. The molecule has 1 aromatic carbocycles. The Morgan fingerprint density at radius 3 is 2.66 bits per heavy atom. The van der Waals surface area contributed by atoms with Crippen molar-refractivity contribution in [3.8, 4) is 5.75 Å². The number of hydrogen-bond acceptors (Lipinski definition) is 5. The Morgan fingerprint density at radius 2 is 2.03 bits per heavy atom. The van der Waals surface area contributed by atoms with Gasteiger partial charge in [0.25, 0.3) is 5.91 Å². The van der Waals surface area contributed by atoms with E-state index in [-0.39, 0.29) is 23.5 Å². The van der Waals surface area contributed by atoms with Gasteiger partial charge in [0.05, 0.1) is 28.9 Å². The number of aromatic nitrogens is 2. The molecule has 7 nitrogen and oxygen atoms in total. The lowest BCUT2D eigenvalue weighted by Gasteiger charge is -2.21. The first-order chi connectivity index (χ1) is 13.8. The molecule has 0 aliphatic carbocycles. The standard InChI is InChI=1S/C20H19F2N3O4/c1-12-18(19(28)23-20(2,10-26)11-27)17-8-13(6-7-25(17)24-12)29-9-14-15(21)4-3-5-16(14)22/h3-8,10,27H,9,11H2,1-2H3,(H,23,28). The molecule has 0 fully saturated rings. The van der Waals surface area contributed by atoms with Crippen LogP contribution in [0.15, 0.2) is 36.5 Å². The van der Waals surface area contributed by atoms with Gasteiger partial charge < -0.3 is 20.0 Å². The molecule has 0 aliphatic heterocycles. The molecule has 2 heterocycles. The van der Waals surface area contributed by atoms with Gasteiger partial charge in [-0.3, -0.25) is 4.79 Å². The number of aliphatic hydroxyl groups is 1. The number of benzene rings is 1. The summed E-state index contributed by atoms with van der Waals surface area (Å²) in [6.07, 6.45) is 1.99. The number of aldehydes is 1. The maximum Gasteiger partial charge on any atom is 0.256 e. The number of amides is 1. The average Bonchev–Trinajstić information content (AvgIpc) is 3.02. The van der Waals surface area contributed by atoms with Crippen LogP contribution < -0.4 is 10.1 Å². The Labute approximate surface area is 164 Å². The predicted molar refractivity (Wildman–Crippen MR) is 99.6 cm³/mol. The minimum absolute atomic E-state index is 0.189. The molecule has 3 aromatic rings. The number of ether oxygens (including phenoxy) is 1. The number of carbonyl (C=O) groups is 2. The zero-order chi connectivity index (χ0) is 21.2. The zero-order valence-corrected chi connectivity index (χ0v) is 15.8. The van der Waals surface area contributed by atoms with Crippen LogP contribution in [0.25, 0.3) is 5.52 Å². The van der Waals surface area contributed by atoms with Gasteiger partial charge >= 0.3 is 0 Å². The SMILES string of the molecule is Cc1nn2ccc(OCc3c(F)cccc3F)cc2c1C(=O)NC(C)(C=O)CO. The van der Waals surface area contributed by atoms with Gasteiger partial charge in [-0.1, -0.05) is 6.07 Å². The van der Waals surface area contributed by atoms with Gasteiger partial charge in [-0.2, -0.15) is 5.10 Å². The smallest absolute Gasteiger partial charge is 0.256 e.